The molecular formula is C20H19F. The molecule has 0 aliphatic heterocycles. The monoisotopic (exact) mass is 278 g/mol. The zero-order valence-electron chi connectivity index (χ0n) is 12.7. The van der Waals surface area contributed by atoms with Crippen molar-refractivity contribution in [2.75, 3.05) is 0 Å². The van der Waals surface area contributed by atoms with Gasteiger partial charge < -0.3 is 0 Å². The van der Waals surface area contributed by atoms with Crippen molar-refractivity contribution < 1.29 is 4.39 Å². The van der Waals surface area contributed by atoms with Gasteiger partial charge in [-0.2, -0.15) is 0 Å². The molecule has 106 valence electrons. The van der Waals surface area contributed by atoms with Crippen LogP contribution in [-0.4, -0.2) is 0 Å². The average Bonchev–Trinajstić information content (AvgIpc) is 3.18. The summed E-state index contributed by atoms with van der Waals surface area (Å²) in [4.78, 5) is 0. The minimum Gasteiger partial charge on any atom is -0.207 e. The summed E-state index contributed by atoms with van der Waals surface area (Å²) in [7, 11) is 0. The Balaban J connectivity index is 1.85. The van der Waals surface area contributed by atoms with Crippen molar-refractivity contribution in [3.8, 4) is 11.8 Å². The first-order valence-electron chi connectivity index (χ1n) is 7.43. The first kappa shape index (κ1) is 13.9. The lowest BCUT2D eigenvalue weighted by Crippen LogP contribution is -1.88. The Labute approximate surface area is 126 Å². The largest absolute Gasteiger partial charge is 0.207 e. The fourth-order valence-corrected chi connectivity index (χ4v) is 2.65. The molecule has 0 radical (unpaired) electrons. The summed E-state index contributed by atoms with van der Waals surface area (Å²) in [6.45, 7) is 6.14. The number of benzene rings is 2. The van der Waals surface area contributed by atoms with Crippen LogP contribution in [-0.2, 0) is 0 Å². The lowest BCUT2D eigenvalue weighted by molar-refractivity contribution is 0.618. The normalized spacial score (nSPS) is 19.8. The van der Waals surface area contributed by atoms with Crippen LogP contribution in [0, 0.1) is 37.4 Å². The first-order valence-corrected chi connectivity index (χ1v) is 7.43. The van der Waals surface area contributed by atoms with Crippen LogP contribution in [0.5, 0.6) is 0 Å². The molecule has 2 aromatic rings. The molecule has 0 nitrogen and oxygen atoms in total. The molecule has 0 saturated heterocycles. The molecule has 21 heavy (non-hydrogen) atoms. The van der Waals surface area contributed by atoms with Gasteiger partial charge in [-0.3, -0.25) is 0 Å². The molecule has 2 aromatic carbocycles. The highest BCUT2D eigenvalue weighted by Gasteiger charge is 2.33. The maximum Gasteiger partial charge on any atom is 0.127 e. The maximum atomic E-state index is 13.5. The molecule has 0 spiro atoms. The summed E-state index contributed by atoms with van der Waals surface area (Å²) >= 11 is 0. The topological polar surface area (TPSA) is 0 Å². The minimum atomic E-state index is -0.198. The van der Waals surface area contributed by atoms with E-state index in [9.17, 15) is 4.39 Å². The molecule has 1 aliphatic carbocycles. The van der Waals surface area contributed by atoms with Crippen molar-refractivity contribution in [1.82, 2.24) is 0 Å². The third-order valence-electron chi connectivity index (χ3n) is 4.30. The van der Waals surface area contributed by atoms with Crippen LogP contribution in [0.1, 0.15) is 47.1 Å². The van der Waals surface area contributed by atoms with Gasteiger partial charge in [0.25, 0.3) is 0 Å². The molecule has 0 N–H and O–H groups in total. The highest BCUT2D eigenvalue weighted by Crippen LogP contribution is 2.47. The quantitative estimate of drug-likeness (QED) is 0.646. The van der Waals surface area contributed by atoms with Crippen molar-refractivity contribution in [1.29, 1.82) is 0 Å². The number of hydrogen-bond acceptors (Lipinski definition) is 0. The fraction of sp³-hybridized carbons (Fsp3) is 0.300. The summed E-state index contributed by atoms with van der Waals surface area (Å²) in [6, 6.07) is 11.6. The Bertz CT molecular complexity index is 746. The van der Waals surface area contributed by atoms with E-state index in [0.717, 1.165) is 23.0 Å². The van der Waals surface area contributed by atoms with E-state index in [-0.39, 0.29) is 5.82 Å². The number of aryl methyl sites for hydroxylation is 2. The highest BCUT2D eigenvalue weighted by molar-refractivity contribution is 5.48. The Morgan fingerprint density at radius 3 is 2.38 bits per heavy atom. The minimum absolute atomic E-state index is 0.198. The van der Waals surface area contributed by atoms with Gasteiger partial charge in [0.2, 0.25) is 0 Å². The molecule has 1 heteroatoms. The number of halogens is 1. The highest BCUT2D eigenvalue weighted by atomic mass is 19.1. The SMILES string of the molecule is Cc1ccc(C#Cc2ccc(C3CC3C)cc2C)cc1F. The average molecular weight is 278 g/mol. The second-order valence-electron chi connectivity index (χ2n) is 6.11. The van der Waals surface area contributed by atoms with E-state index in [1.807, 2.05) is 6.07 Å². The van der Waals surface area contributed by atoms with Crippen LogP contribution in [0.2, 0.25) is 0 Å². The zero-order chi connectivity index (χ0) is 15.0. The van der Waals surface area contributed by atoms with Crippen molar-refractivity contribution >= 4 is 0 Å². The Kier molecular flexibility index (Phi) is 3.55. The van der Waals surface area contributed by atoms with Crippen molar-refractivity contribution in [2.45, 2.75) is 33.1 Å². The molecule has 2 atom stereocenters. The number of rotatable bonds is 1. The van der Waals surface area contributed by atoms with Crippen LogP contribution in [0.4, 0.5) is 4.39 Å². The predicted molar refractivity (Wildman–Crippen MR) is 84.8 cm³/mol. The van der Waals surface area contributed by atoms with Gasteiger partial charge in [0, 0.05) is 11.1 Å². The Morgan fingerprint density at radius 2 is 1.76 bits per heavy atom. The Hall–Kier alpha value is -2.07. The van der Waals surface area contributed by atoms with Gasteiger partial charge in [-0.05, 0) is 67.0 Å². The molecule has 0 aromatic heterocycles. The lowest BCUT2D eigenvalue weighted by atomic mass is 10.0. The van der Waals surface area contributed by atoms with Gasteiger partial charge in [0.1, 0.15) is 5.82 Å². The van der Waals surface area contributed by atoms with E-state index >= 15 is 0 Å². The second-order valence-corrected chi connectivity index (χ2v) is 6.11. The van der Waals surface area contributed by atoms with E-state index in [0.29, 0.717) is 5.56 Å². The smallest absolute Gasteiger partial charge is 0.127 e. The summed E-state index contributed by atoms with van der Waals surface area (Å²) < 4.78 is 13.5. The zero-order valence-corrected chi connectivity index (χ0v) is 12.7. The van der Waals surface area contributed by atoms with Crippen LogP contribution in [0.3, 0.4) is 0 Å². The molecule has 1 saturated carbocycles. The first-order chi connectivity index (χ1) is 10.0. The van der Waals surface area contributed by atoms with Gasteiger partial charge in [-0.1, -0.05) is 37.0 Å². The summed E-state index contributed by atoms with van der Waals surface area (Å²) in [5.74, 6) is 7.56. The van der Waals surface area contributed by atoms with Gasteiger partial charge in [0.05, 0.1) is 0 Å². The van der Waals surface area contributed by atoms with E-state index in [1.54, 1.807) is 13.0 Å². The molecule has 1 aliphatic rings. The van der Waals surface area contributed by atoms with Crippen LogP contribution >= 0.6 is 0 Å². The number of hydrogen-bond donors (Lipinski definition) is 0. The molecule has 0 bridgehead atoms. The van der Waals surface area contributed by atoms with E-state index in [2.05, 4.69) is 43.9 Å². The van der Waals surface area contributed by atoms with Crippen LogP contribution in [0.25, 0.3) is 0 Å². The molecule has 3 rings (SSSR count). The van der Waals surface area contributed by atoms with Crippen LogP contribution < -0.4 is 0 Å². The van der Waals surface area contributed by atoms with Crippen LogP contribution in [0.15, 0.2) is 36.4 Å². The molecule has 0 heterocycles. The summed E-state index contributed by atoms with van der Waals surface area (Å²) in [6.07, 6.45) is 1.30. The fourth-order valence-electron chi connectivity index (χ4n) is 2.65. The molecular weight excluding hydrogens is 259 g/mol. The third kappa shape index (κ3) is 3.00. The Morgan fingerprint density at radius 1 is 1.00 bits per heavy atom. The van der Waals surface area contributed by atoms with E-state index in [4.69, 9.17) is 0 Å². The van der Waals surface area contributed by atoms with Crippen molar-refractivity contribution in [3.05, 3.63) is 70.0 Å². The predicted octanol–water partition coefficient (Wildman–Crippen LogP) is 4.97. The summed E-state index contributed by atoms with van der Waals surface area (Å²) in [5, 5.41) is 0. The molecule has 2 unspecified atom stereocenters. The standard InChI is InChI=1S/C20H19F/c1-13-4-5-16(12-20(13)21)6-7-17-8-9-18(10-14(17)2)19-11-15(19)3/h4-5,8-10,12,15,19H,11H2,1-3H3. The third-order valence-corrected chi connectivity index (χ3v) is 4.30. The van der Waals surface area contributed by atoms with Gasteiger partial charge in [-0.15, -0.1) is 0 Å². The van der Waals surface area contributed by atoms with Gasteiger partial charge in [-0.25, -0.2) is 4.39 Å². The lowest BCUT2D eigenvalue weighted by Gasteiger charge is -2.03. The van der Waals surface area contributed by atoms with Crippen molar-refractivity contribution in [3.63, 3.8) is 0 Å². The van der Waals surface area contributed by atoms with E-state index in [1.165, 1.54) is 23.6 Å². The van der Waals surface area contributed by atoms with Crippen molar-refractivity contribution in [2.24, 2.45) is 5.92 Å². The maximum absolute atomic E-state index is 13.5. The van der Waals surface area contributed by atoms with Gasteiger partial charge in [0.15, 0.2) is 0 Å². The summed E-state index contributed by atoms with van der Waals surface area (Å²) in [5.41, 5.74) is 5.02. The second kappa shape index (κ2) is 5.37. The molecule has 0 amide bonds. The van der Waals surface area contributed by atoms with Gasteiger partial charge >= 0.3 is 0 Å². The van der Waals surface area contributed by atoms with E-state index < -0.39 is 0 Å². The molecule has 1 fully saturated rings.